The molecule has 1 heterocycles. The van der Waals surface area contributed by atoms with Gasteiger partial charge in [-0.25, -0.2) is 0 Å². The van der Waals surface area contributed by atoms with Crippen LogP contribution >= 0.6 is 23.8 Å². The minimum absolute atomic E-state index is 0.791. The minimum atomic E-state index is 0.791. The third-order valence-corrected chi connectivity index (χ3v) is 5.09. The average molecular weight is 374 g/mol. The van der Waals surface area contributed by atoms with E-state index in [2.05, 4.69) is 46.3 Å². The Hall–Kier alpha value is -1.62. The van der Waals surface area contributed by atoms with Crippen molar-refractivity contribution in [1.29, 1.82) is 0 Å². The normalized spacial score (nSPS) is 15.2. The molecule has 5 heteroatoms. The van der Waals surface area contributed by atoms with Gasteiger partial charge in [-0.3, -0.25) is 4.90 Å². The maximum Gasteiger partial charge on any atom is 0.174 e. The molecule has 0 amide bonds. The third-order valence-electron chi connectivity index (χ3n) is 4.50. The Kier molecular flexibility index (Phi) is 6.29. The summed E-state index contributed by atoms with van der Waals surface area (Å²) in [5, 5.41) is 5.03. The van der Waals surface area contributed by atoms with Crippen molar-refractivity contribution in [3.05, 3.63) is 64.7 Å². The van der Waals surface area contributed by atoms with Gasteiger partial charge in [-0.1, -0.05) is 48.9 Å². The number of anilines is 1. The van der Waals surface area contributed by atoms with E-state index >= 15 is 0 Å². The molecule has 1 aliphatic heterocycles. The first kappa shape index (κ1) is 18.2. The predicted octanol–water partition coefficient (Wildman–Crippen LogP) is 4.76. The molecule has 0 radical (unpaired) electrons. The van der Waals surface area contributed by atoms with Crippen molar-refractivity contribution in [3.63, 3.8) is 0 Å². The number of rotatable bonds is 4. The molecule has 1 saturated heterocycles. The molecule has 25 heavy (non-hydrogen) atoms. The number of halogens is 1. The van der Waals surface area contributed by atoms with E-state index in [1.165, 1.54) is 11.1 Å². The first-order valence-corrected chi connectivity index (χ1v) is 9.55. The van der Waals surface area contributed by atoms with Gasteiger partial charge < -0.3 is 10.2 Å². The van der Waals surface area contributed by atoms with Crippen molar-refractivity contribution < 1.29 is 0 Å². The molecule has 3 rings (SSSR count). The van der Waals surface area contributed by atoms with Gasteiger partial charge in [-0.05, 0) is 54.4 Å². The van der Waals surface area contributed by atoms with Crippen LogP contribution in [0.5, 0.6) is 0 Å². The fourth-order valence-electron chi connectivity index (χ4n) is 3.20. The van der Waals surface area contributed by atoms with Crippen LogP contribution in [0.1, 0.15) is 24.5 Å². The molecule has 2 aromatic rings. The van der Waals surface area contributed by atoms with Gasteiger partial charge in [-0.15, -0.1) is 0 Å². The Morgan fingerprint density at radius 2 is 2.00 bits per heavy atom. The van der Waals surface area contributed by atoms with E-state index in [0.717, 1.165) is 55.0 Å². The van der Waals surface area contributed by atoms with Gasteiger partial charge in [0.1, 0.15) is 0 Å². The smallest absolute Gasteiger partial charge is 0.174 e. The van der Waals surface area contributed by atoms with Gasteiger partial charge in [0.15, 0.2) is 5.11 Å². The molecular formula is C20H24ClN3S. The van der Waals surface area contributed by atoms with Crippen molar-refractivity contribution in [2.45, 2.75) is 26.3 Å². The molecule has 0 atom stereocenters. The van der Waals surface area contributed by atoms with Crippen LogP contribution in [-0.4, -0.2) is 34.7 Å². The monoisotopic (exact) mass is 373 g/mol. The zero-order valence-corrected chi connectivity index (χ0v) is 16.1. The Morgan fingerprint density at radius 1 is 1.16 bits per heavy atom. The summed E-state index contributed by atoms with van der Waals surface area (Å²) in [5.74, 6) is 0. The lowest BCUT2D eigenvalue weighted by atomic mass is 10.1. The fourth-order valence-corrected chi connectivity index (χ4v) is 3.67. The molecule has 3 nitrogen and oxygen atoms in total. The van der Waals surface area contributed by atoms with Crippen LogP contribution in [0.4, 0.5) is 5.69 Å². The van der Waals surface area contributed by atoms with E-state index < -0.39 is 0 Å². The highest BCUT2D eigenvalue weighted by atomic mass is 35.5. The van der Waals surface area contributed by atoms with Crippen molar-refractivity contribution in [3.8, 4) is 0 Å². The van der Waals surface area contributed by atoms with E-state index in [-0.39, 0.29) is 0 Å². The summed E-state index contributed by atoms with van der Waals surface area (Å²) < 4.78 is 0. The van der Waals surface area contributed by atoms with Crippen LogP contribution in [0, 0.1) is 0 Å². The van der Waals surface area contributed by atoms with E-state index in [9.17, 15) is 0 Å². The summed E-state index contributed by atoms with van der Waals surface area (Å²) in [6.07, 6.45) is 2.10. The molecule has 0 bridgehead atoms. The molecule has 0 unspecified atom stereocenters. The maximum atomic E-state index is 6.10. The molecule has 0 aliphatic carbocycles. The second-order valence-corrected chi connectivity index (χ2v) is 7.20. The van der Waals surface area contributed by atoms with E-state index in [1.54, 1.807) is 0 Å². The highest BCUT2D eigenvalue weighted by Crippen LogP contribution is 2.18. The van der Waals surface area contributed by atoms with Gasteiger partial charge >= 0.3 is 0 Å². The van der Waals surface area contributed by atoms with Crippen LogP contribution in [0.25, 0.3) is 0 Å². The molecule has 0 spiro atoms. The minimum Gasteiger partial charge on any atom is -0.336 e. The Morgan fingerprint density at radius 3 is 2.80 bits per heavy atom. The zero-order chi connectivity index (χ0) is 17.6. The van der Waals surface area contributed by atoms with E-state index in [4.69, 9.17) is 23.8 Å². The lowest BCUT2D eigenvalue weighted by molar-refractivity contribution is 0.134. The van der Waals surface area contributed by atoms with Crippen LogP contribution < -0.4 is 5.32 Å². The lowest BCUT2D eigenvalue weighted by Crippen LogP contribution is -2.48. The highest BCUT2D eigenvalue weighted by molar-refractivity contribution is 7.80. The molecule has 2 aromatic carbocycles. The summed E-state index contributed by atoms with van der Waals surface area (Å²) in [6, 6.07) is 16.4. The topological polar surface area (TPSA) is 18.5 Å². The van der Waals surface area contributed by atoms with Crippen molar-refractivity contribution in [2.75, 3.05) is 25.1 Å². The summed E-state index contributed by atoms with van der Waals surface area (Å²) in [7, 11) is 0. The lowest BCUT2D eigenvalue weighted by Gasteiger charge is -2.37. The number of benzene rings is 2. The largest absolute Gasteiger partial charge is 0.336 e. The number of nitrogens with zero attached hydrogens (tertiary/aromatic N) is 2. The van der Waals surface area contributed by atoms with Gasteiger partial charge in [-0.2, -0.15) is 0 Å². The number of para-hydroxylation sites is 1. The predicted molar refractivity (Wildman–Crippen MR) is 110 cm³/mol. The van der Waals surface area contributed by atoms with Crippen molar-refractivity contribution in [2.24, 2.45) is 0 Å². The van der Waals surface area contributed by atoms with Crippen molar-refractivity contribution >= 4 is 34.6 Å². The third kappa shape index (κ3) is 4.94. The van der Waals surface area contributed by atoms with Crippen LogP contribution in [-0.2, 0) is 13.0 Å². The molecule has 0 saturated carbocycles. The number of nitrogens with one attached hydrogen (secondary N) is 1. The second kappa shape index (κ2) is 8.65. The first-order valence-electron chi connectivity index (χ1n) is 8.76. The standard InChI is InChI=1S/C20H24ClN3S/c1-2-17-8-3-4-10-19(17)22-20(25)24-12-6-11-23(15-24)14-16-7-5-9-18(21)13-16/h3-5,7-10,13H,2,6,11-12,14-15H2,1H3,(H,22,25). The Bertz CT molecular complexity index is 734. The molecule has 1 N–H and O–H groups in total. The number of aryl methyl sites for hydroxylation is 1. The molecule has 1 aliphatic rings. The summed E-state index contributed by atoms with van der Waals surface area (Å²) in [5.41, 5.74) is 3.64. The quantitative estimate of drug-likeness (QED) is 0.778. The van der Waals surface area contributed by atoms with Gasteiger partial charge in [0, 0.05) is 30.3 Å². The summed E-state index contributed by atoms with van der Waals surface area (Å²) in [4.78, 5) is 4.66. The number of hydrogen-bond acceptors (Lipinski definition) is 2. The van der Waals surface area contributed by atoms with Crippen LogP contribution in [0.2, 0.25) is 5.02 Å². The average Bonchev–Trinajstić information content (AvgIpc) is 2.62. The second-order valence-electron chi connectivity index (χ2n) is 6.38. The first-order chi connectivity index (χ1) is 12.2. The highest BCUT2D eigenvalue weighted by Gasteiger charge is 2.20. The molecule has 132 valence electrons. The summed E-state index contributed by atoms with van der Waals surface area (Å²) in [6.45, 7) is 5.97. The molecular weight excluding hydrogens is 350 g/mol. The van der Waals surface area contributed by atoms with Gasteiger partial charge in [0.2, 0.25) is 0 Å². The zero-order valence-electron chi connectivity index (χ0n) is 14.5. The molecule has 0 aromatic heterocycles. The molecule has 1 fully saturated rings. The number of hydrogen-bond donors (Lipinski definition) is 1. The number of thiocarbonyl (C=S) groups is 1. The van der Waals surface area contributed by atoms with Gasteiger partial charge in [0.25, 0.3) is 0 Å². The summed E-state index contributed by atoms with van der Waals surface area (Å²) >= 11 is 11.8. The fraction of sp³-hybridized carbons (Fsp3) is 0.350. The van der Waals surface area contributed by atoms with Crippen LogP contribution in [0.15, 0.2) is 48.5 Å². The van der Waals surface area contributed by atoms with Crippen LogP contribution in [0.3, 0.4) is 0 Å². The maximum absolute atomic E-state index is 6.10. The van der Waals surface area contributed by atoms with E-state index in [0.29, 0.717) is 0 Å². The SMILES string of the molecule is CCc1ccccc1NC(=S)N1CCCN(Cc2cccc(Cl)c2)C1. The van der Waals surface area contributed by atoms with E-state index in [1.807, 2.05) is 24.3 Å². The van der Waals surface area contributed by atoms with Crippen molar-refractivity contribution in [1.82, 2.24) is 9.80 Å². The Labute approximate surface area is 160 Å². The Balaban J connectivity index is 1.61. The van der Waals surface area contributed by atoms with Gasteiger partial charge in [0.05, 0.1) is 6.67 Å².